The highest BCUT2D eigenvalue weighted by Crippen LogP contribution is 2.23. The maximum Gasteiger partial charge on any atom is 0.252 e. The van der Waals surface area contributed by atoms with Crippen LogP contribution in [-0.2, 0) is 29.1 Å². The first-order chi connectivity index (χ1) is 18.0. The zero-order valence-corrected chi connectivity index (χ0v) is 20.8. The Bertz CT molecular complexity index is 1360. The molecule has 1 saturated heterocycles. The van der Waals surface area contributed by atoms with E-state index in [2.05, 4.69) is 32.2 Å². The van der Waals surface area contributed by atoms with Gasteiger partial charge in [-0.3, -0.25) is 9.69 Å². The molecule has 192 valence electrons. The molecule has 2 aromatic carbocycles. The molecular formula is C27H28FN5O4. The Kier molecular flexibility index (Phi) is 7.38. The van der Waals surface area contributed by atoms with Gasteiger partial charge in [0.25, 0.3) is 5.89 Å². The van der Waals surface area contributed by atoms with Crippen molar-refractivity contribution in [3.05, 3.63) is 77.3 Å². The summed E-state index contributed by atoms with van der Waals surface area (Å²) in [5.74, 6) is 1.54. The summed E-state index contributed by atoms with van der Waals surface area (Å²) in [6.45, 7) is 5.72. The van der Waals surface area contributed by atoms with Crippen molar-refractivity contribution in [3.63, 3.8) is 0 Å². The lowest BCUT2D eigenvalue weighted by atomic mass is 10.1. The average Bonchev–Trinajstić information content (AvgIpc) is 3.52. The predicted octanol–water partition coefficient (Wildman–Crippen LogP) is 3.87. The normalized spacial score (nSPS) is 14.3. The second-order valence-corrected chi connectivity index (χ2v) is 9.01. The molecule has 9 nitrogen and oxygen atoms in total. The summed E-state index contributed by atoms with van der Waals surface area (Å²) < 4.78 is 29.4. The van der Waals surface area contributed by atoms with Crippen molar-refractivity contribution >= 4 is 5.91 Å². The van der Waals surface area contributed by atoms with Gasteiger partial charge in [-0.15, -0.1) is 0 Å². The van der Waals surface area contributed by atoms with E-state index in [0.29, 0.717) is 47.7 Å². The predicted molar refractivity (Wildman–Crippen MR) is 133 cm³/mol. The van der Waals surface area contributed by atoms with Gasteiger partial charge in [-0.1, -0.05) is 35.5 Å². The molecular weight excluding hydrogens is 477 g/mol. The van der Waals surface area contributed by atoms with Gasteiger partial charge in [-0.25, -0.2) is 9.37 Å². The van der Waals surface area contributed by atoms with Gasteiger partial charge in [0, 0.05) is 51.0 Å². The molecule has 2 aromatic heterocycles. The molecule has 0 saturated carbocycles. The monoisotopic (exact) mass is 505 g/mol. The molecule has 1 aliphatic rings. The van der Waals surface area contributed by atoms with Gasteiger partial charge in [0.2, 0.25) is 17.6 Å². The van der Waals surface area contributed by atoms with Crippen LogP contribution in [0.2, 0.25) is 0 Å². The van der Waals surface area contributed by atoms with Crippen LogP contribution >= 0.6 is 0 Å². The maximum atomic E-state index is 13.5. The van der Waals surface area contributed by atoms with Crippen LogP contribution in [0.5, 0.6) is 0 Å². The average molecular weight is 506 g/mol. The van der Waals surface area contributed by atoms with Crippen molar-refractivity contribution in [1.82, 2.24) is 24.9 Å². The number of amides is 1. The number of piperazine rings is 1. The first kappa shape index (κ1) is 24.8. The topological polar surface area (TPSA) is 97.7 Å². The highest BCUT2D eigenvalue weighted by molar-refractivity contribution is 5.78. The smallest absolute Gasteiger partial charge is 0.252 e. The van der Waals surface area contributed by atoms with Crippen molar-refractivity contribution in [3.8, 4) is 22.8 Å². The van der Waals surface area contributed by atoms with Crippen molar-refractivity contribution in [1.29, 1.82) is 0 Å². The first-order valence-electron chi connectivity index (χ1n) is 12.1. The van der Waals surface area contributed by atoms with E-state index in [1.165, 1.54) is 17.7 Å². The maximum absolute atomic E-state index is 13.5. The summed E-state index contributed by atoms with van der Waals surface area (Å²) in [5.41, 5.74) is 3.19. The molecule has 37 heavy (non-hydrogen) atoms. The minimum absolute atomic E-state index is 0.0131. The van der Waals surface area contributed by atoms with Crippen LogP contribution in [0, 0.1) is 12.7 Å². The standard InChI is InChI=1S/C27H28FN5O4/c1-18-23(29-27(36-18)21-4-3-5-22(28)14-21)15-25(34)33-12-10-32(11-13-33)16-19-6-8-20(9-7-19)26-30-24(17-35-2)37-31-26/h3-9,14H,10-13,15-17H2,1-2H3. The van der Waals surface area contributed by atoms with Gasteiger partial charge in [0.1, 0.15) is 18.2 Å². The van der Waals surface area contributed by atoms with E-state index in [9.17, 15) is 9.18 Å². The third-order valence-electron chi connectivity index (χ3n) is 6.36. The van der Waals surface area contributed by atoms with E-state index < -0.39 is 0 Å². The molecule has 5 rings (SSSR count). The van der Waals surface area contributed by atoms with Gasteiger partial charge in [-0.05, 0) is 30.7 Å². The number of hydrogen-bond donors (Lipinski definition) is 0. The minimum atomic E-state index is -0.358. The second-order valence-electron chi connectivity index (χ2n) is 9.01. The van der Waals surface area contributed by atoms with Crippen LogP contribution in [0.4, 0.5) is 4.39 Å². The highest BCUT2D eigenvalue weighted by atomic mass is 19.1. The van der Waals surface area contributed by atoms with Gasteiger partial charge in [0.05, 0.1) is 12.1 Å². The van der Waals surface area contributed by atoms with Gasteiger partial charge in [0.15, 0.2) is 0 Å². The molecule has 0 aliphatic carbocycles. The number of halogens is 1. The van der Waals surface area contributed by atoms with Crippen LogP contribution in [0.3, 0.4) is 0 Å². The number of nitrogens with zero attached hydrogens (tertiary/aromatic N) is 5. The van der Waals surface area contributed by atoms with Crippen molar-refractivity contribution in [2.45, 2.75) is 26.5 Å². The summed E-state index contributed by atoms with van der Waals surface area (Å²) in [6.07, 6.45) is 0.161. The number of carbonyl (C=O) groups excluding carboxylic acids is 1. The number of aromatic nitrogens is 3. The summed E-state index contributed by atoms with van der Waals surface area (Å²) in [7, 11) is 1.58. The van der Waals surface area contributed by atoms with E-state index in [1.54, 1.807) is 26.2 Å². The fourth-order valence-electron chi connectivity index (χ4n) is 4.32. The minimum Gasteiger partial charge on any atom is -0.441 e. The van der Waals surface area contributed by atoms with Gasteiger partial charge < -0.3 is 18.6 Å². The number of rotatable bonds is 8. The van der Waals surface area contributed by atoms with E-state index in [-0.39, 0.29) is 24.8 Å². The van der Waals surface area contributed by atoms with Crippen molar-refractivity contribution < 1.29 is 22.9 Å². The molecule has 0 spiro atoms. The Morgan fingerprint density at radius 1 is 1.05 bits per heavy atom. The Hall–Kier alpha value is -3.89. The van der Waals surface area contributed by atoms with Crippen LogP contribution in [0.15, 0.2) is 57.5 Å². The first-order valence-corrected chi connectivity index (χ1v) is 12.1. The third-order valence-corrected chi connectivity index (χ3v) is 6.36. The number of hydrogen-bond acceptors (Lipinski definition) is 8. The Morgan fingerprint density at radius 2 is 1.84 bits per heavy atom. The van der Waals surface area contributed by atoms with Crippen molar-refractivity contribution in [2.75, 3.05) is 33.3 Å². The zero-order valence-electron chi connectivity index (χ0n) is 20.8. The quantitative estimate of drug-likeness (QED) is 0.356. The summed E-state index contributed by atoms with van der Waals surface area (Å²) >= 11 is 0. The summed E-state index contributed by atoms with van der Waals surface area (Å²) in [4.78, 5) is 25.9. The van der Waals surface area contributed by atoms with E-state index >= 15 is 0 Å². The third kappa shape index (κ3) is 5.92. The molecule has 10 heteroatoms. The number of carbonyl (C=O) groups is 1. The molecule has 0 bridgehead atoms. The SMILES string of the molecule is COCc1nc(-c2ccc(CN3CCN(C(=O)Cc4nc(-c5cccc(F)c5)oc4C)CC3)cc2)no1. The second kappa shape index (κ2) is 11.0. The summed E-state index contributed by atoms with van der Waals surface area (Å²) in [5, 5.41) is 3.99. The largest absolute Gasteiger partial charge is 0.441 e. The molecule has 4 aromatic rings. The lowest BCUT2D eigenvalue weighted by molar-refractivity contribution is -0.132. The Labute approximate surface area is 213 Å². The van der Waals surface area contributed by atoms with Crippen LogP contribution in [0.1, 0.15) is 22.9 Å². The van der Waals surface area contributed by atoms with E-state index in [0.717, 1.165) is 25.2 Å². The number of ether oxygens (including phenoxy) is 1. The number of methoxy groups -OCH3 is 1. The molecule has 0 radical (unpaired) electrons. The van der Waals surface area contributed by atoms with Crippen LogP contribution in [0.25, 0.3) is 22.8 Å². The Morgan fingerprint density at radius 3 is 2.57 bits per heavy atom. The molecule has 0 unspecified atom stereocenters. The van der Waals surface area contributed by atoms with Gasteiger partial charge >= 0.3 is 0 Å². The number of oxazole rings is 1. The zero-order chi connectivity index (χ0) is 25.8. The summed E-state index contributed by atoms with van der Waals surface area (Å²) in [6, 6.07) is 14.2. The van der Waals surface area contributed by atoms with Crippen LogP contribution < -0.4 is 0 Å². The number of benzene rings is 2. The molecule has 1 amide bonds. The molecule has 0 N–H and O–H groups in total. The molecule has 3 heterocycles. The van der Waals surface area contributed by atoms with E-state index in [1.807, 2.05) is 17.0 Å². The van der Waals surface area contributed by atoms with Crippen LogP contribution in [-0.4, -0.2) is 64.1 Å². The lowest BCUT2D eigenvalue weighted by Crippen LogP contribution is -2.48. The lowest BCUT2D eigenvalue weighted by Gasteiger charge is -2.34. The van der Waals surface area contributed by atoms with Gasteiger partial charge in [-0.2, -0.15) is 4.98 Å². The van der Waals surface area contributed by atoms with E-state index in [4.69, 9.17) is 13.7 Å². The number of aryl methyl sites for hydroxylation is 1. The van der Waals surface area contributed by atoms with Crippen molar-refractivity contribution in [2.24, 2.45) is 0 Å². The fraction of sp³-hybridized carbons (Fsp3) is 0.333. The highest BCUT2D eigenvalue weighted by Gasteiger charge is 2.23. The fourth-order valence-corrected chi connectivity index (χ4v) is 4.32. The Balaban J connectivity index is 1.12. The molecule has 0 atom stereocenters. The molecule has 1 aliphatic heterocycles. The molecule has 1 fully saturated rings.